The molecule has 1 amide bonds. The van der Waals surface area contributed by atoms with E-state index in [2.05, 4.69) is 4.98 Å². The van der Waals surface area contributed by atoms with Crippen LogP contribution in [0, 0.1) is 17.5 Å². The van der Waals surface area contributed by atoms with E-state index in [1.807, 2.05) is 0 Å². The lowest BCUT2D eigenvalue weighted by molar-refractivity contribution is -0.118. The van der Waals surface area contributed by atoms with Gasteiger partial charge >= 0.3 is 0 Å². The molecule has 6 heteroatoms. The molecule has 1 aromatic carbocycles. The Bertz CT molecular complexity index is 628. The number of aromatic nitrogens is 1. The Morgan fingerprint density at radius 3 is 2.61 bits per heavy atom. The van der Waals surface area contributed by atoms with E-state index in [0.29, 0.717) is 5.69 Å². The van der Waals surface area contributed by atoms with Crippen LogP contribution in [0.1, 0.15) is 12.1 Å². The van der Waals surface area contributed by atoms with Gasteiger partial charge < -0.3 is 5.73 Å². The largest absolute Gasteiger partial charge is 0.370 e. The molecule has 3 nitrogen and oxygen atoms in total. The van der Waals surface area contributed by atoms with Crippen LogP contribution >= 0.6 is 0 Å². The monoisotopic (exact) mass is 254 g/mol. The minimum atomic E-state index is -1.52. The molecule has 0 bridgehead atoms. The molecule has 2 rings (SSSR count). The van der Waals surface area contributed by atoms with E-state index in [-0.39, 0.29) is 23.6 Å². The summed E-state index contributed by atoms with van der Waals surface area (Å²) in [7, 11) is 0. The molecule has 0 aliphatic rings. The number of halogens is 3. The lowest BCUT2D eigenvalue weighted by Crippen LogP contribution is -2.12. The highest BCUT2D eigenvalue weighted by molar-refractivity contribution is 5.85. The second-order valence-electron chi connectivity index (χ2n) is 3.81. The van der Waals surface area contributed by atoms with Crippen molar-refractivity contribution in [2.45, 2.75) is 12.8 Å². The molecule has 0 saturated carbocycles. The Kier molecular flexibility index (Phi) is 3.18. The lowest BCUT2D eigenvalue weighted by atomic mass is 10.1. The summed E-state index contributed by atoms with van der Waals surface area (Å²) in [6.45, 7) is 0. The number of pyridine rings is 1. The van der Waals surface area contributed by atoms with E-state index in [1.165, 1.54) is 12.3 Å². The number of aryl methyl sites for hydroxylation is 1. The van der Waals surface area contributed by atoms with Gasteiger partial charge in [0.1, 0.15) is 0 Å². The smallest absolute Gasteiger partial charge is 0.217 e. The third-order valence-electron chi connectivity index (χ3n) is 2.59. The van der Waals surface area contributed by atoms with E-state index < -0.39 is 23.4 Å². The van der Waals surface area contributed by atoms with Crippen molar-refractivity contribution >= 4 is 16.7 Å². The normalized spacial score (nSPS) is 10.8. The maximum atomic E-state index is 13.5. The molecule has 0 saturated heterocycles. The maximum absolute atomic E-state index is 13.5. The van der Waals surface area contributed by atoms with Crippen molar-refractivity contribution in [3.63, 3.8) is 0 Å². The number of fused-ring (bicyclic) bond motifs is 1. The fourth-order valence-electron chi connectivity index (χ4n) is 1.72. The number of carbonyl (C=O) groups is 1. The lowest BCUT2D eigenvalue weighted by Gasteiger charge is -2.06. The van der Waals surface area contributed by atoms with E-state index in [4.69, 9.17) is 5.73 Å². The fourth-order valence-corrected chi connectivity index (χ4v) is 1.72. The van der Waals surface area contributed by atoms with Crippen LogP contribution in [-0.4, -0.2) is 10.9 Å². The first-order valence-corrected chi connectivity index (χ1v) is 5.20. The molecule has 0 radical (unpaired) electrons. The molecule has 2 aromatic rings. The Balaban J connectivity index is 2.59. The van der Waals surface area contributed by atoms with Gasteiger partial charge in [0.05, 0.1) is 0 Å². The third-order valence-corrected chi connectivity index (χ3v) is 2.59. The molecule has 0 atom stereocenters. The standard InChI is InChI=1S/C12H9F3N2O/c13-8-5-7-6(11(14)12(8)15)3-4-17-9(7)1-2-10(16)18/h3-5H,1-2H2,(H2,16,18). The number of hydrogen-bond donors (Lipinski definition) is 1. The molecule has 0 aliphatic carbocycles. The minimum Gasteiger partial charge on any atom is -0.370 e. The van der Waals surface area contributed by atoms with Crippen LogP contribution in [0.2, 0.25) is 0 Å². The van der Waals surface area contributed by atoms with Crippen LogP contribution in [-0.2, 0) is 11.2 Å². The first-order valence-electron chi connectivity index (χ1n) is 5.20. The van der Waals surface area contributed by atoms with Crippen LogP contribution in [0.15, 0.2) is 18.3 Å². The van der Waals surface area contributed by atoms with Crippen molar-refractivity contribution in [1.82, 2.24) is 4.98 Å². The Hall–Kier alpha value is -2.11. The summed E-state index contributed by atoms with van der Waals surface area (Å²) in [5.74, 6) is -4.60. The molecule has 2 N–H and O–H groups in total. The number of benzene rings is 1. The van der Waals surface area contributed by atoms with Crippen LogP contribution in [0.3, 0.4) is 0 Å². The van der Waals surface area contributed by atoms with Gasteiger partial charge in [-0.1, -0.05) is 0 Å². The molecule has 1 aromatic heterocycles. The van der Waals surface area contributed by atoms with Crippen LogP contribution in [0.25, 0.3) is 10.8 Å². The van der Waals surface area contributed by atoms with Gasteiger partial charge in [-0.05, 0) is 18.6 Å². The summed E-state index contributed by atoms with van der Waals surface area (Å²) < 4.78 is 39.7. The highest BCUT2D eigenvalue weighted by Crippen LogP contribution is 2.25. The first-order chi connectivity index (χ1) is 8.50. The van der Waals surface area contributed by atoms with Gasteiger partial charge in [-0.15, -0.1) is 0 Å². The second kappa shape index (κ2) is 4.64. The van der Waals surface area contributed by atoms with Gasteiger partial charge in [0.15, 0.2) is 17.5 Å². The van der Waals surface area contributed by atoms with Crippen molar-refractivity contribution in [2.75, 3.05) is 0 Å². The topological polar surface area (TPSA) is 56.0 Å². The molecule has 0 unspecified atom stereocenters. The van der Waals surface area contributed by atoms with Crippen LogP contribution in [0.4, 0.5) is 13.2 Å². The fraction of sp³-hybridized carbons (Fsp3) is 0.167. The number of nitrogens with two attached hydrogens (primary N) is 1. The van der Waals surface area contributed by atoms with Crippen molar-refractivity contribution in [1.29, 1.82) is 0 Å². The zero-order valence-electron chi connectivity index (χ0n) is 9.21. The molecular formula is C12H9F3N2O. The third kappa shape index (κ3) is 2.13. The zero-order valence-corrected chi connectivity index (χ0v) is 9.21. The van der Waals surface area contributed by atoms with E-state index in [1.54, 1.807) is 0 Å². The number of carbonyl (C=O) groups excluding carboxylic acids is 1. The molecule has 94 valence electrons. The Labute approximate surface area is 100 Å². The highest BCUT2D eigenvalue weighted by Gasteiger charge is 2.15. The first kappa shape index (κ1) is 12.3. The Morgan fingerprint density at radius 2 is 1.94 bits per heavy atom. The summed E-state index contributed by atoms with van der Waals surface area (Å²) >= 11 is 0. The van der Waals surface area contributed by atoms with Gasteiger partial charge in [0.25, 0.3) is 0 Å². The van der Waals surface area contributed by atoms with Crippen LogP contribution in [0.5, 0.6) is 0 Å². The number of nitrogens with zero attached hydrogens (tertiary/aromatic N) is 1. The van der Waals surface area contributed by atoms with Crippen molar-refractivity contribution in [3.05, 3.63) is 41.5 Å². The van der Waals surface area contributed by atoms with E-state index in [0.717, 1.165) is 6.07 Å². The summed E-state index contributed by atoms with van der Waals surface area (Å²) in [6.07, 6.45) is 1.43. The van der Waals surface area contributed by atoms with Crippen molar-refractivity contribution in [2.24, 2.45) is 5.73 Å². The Morgan fingerprint density at radius 1 is 1.22 bits per heavy atom. The number of amides is 1. The summed E-state index contributed by atoms with van der Waals surface area (Å²) in [4.78, 5) is 14.6. The molecule has 0 spiro atoms. The van der Waals surface area contributed by atoms with Gasteiger partial charge in [0, 0.05) is 29.1 Å². The second-order valence-corrected chi connectivity index (χ2v) is 3.81. The minimum absolute atomic E-state index is 0.00667. The van der Waals surface area contributed by atoms with Gasteiger partial charge in [-0.25, -0.2) is 13.2 Å². The van der Waals surface area contributed by atoms with E-state index >= 15 is 0 Å². The van der Waals surface area contributed by atoms with Gasteiger partial charge in [-0.2, -0.15) is 0 Å². The molecule has 0 aliphatic heterocycles. The van der Waals surface area contributed by atoms with Crippen LogP contribution < -0.4 is 5.73 Å². The SMILES string of the molecule is NC(=O)CCc1nccc2c(F)c(F)c(F)cc12. The van der Waals surface area contributed by atoms with Crippen molar-refractivity contribution in [3.8, 4) is 0 Å². The summed E-state index contributed by atoms with van der Waals surface area (Å²) in [5, 5.41) is 0.0820. The molecule has 18 heavy (non-hydrogen) atoms. The number of primary amides is 1. The predicted octanol–water partition coefficient (Wildman–Crippen LogP) is 2.07. The molecule has 1 heterocycles. The number of rotatable bonds is 3. The molecule has 0 fully saturated rings. The average molecular weight is 254 g/mol. The van der Waals surface area contributed by atoms with E-state index in [9.17, 15) is 18.0 Å². The average Bonchev–Trinajstić information content (AvgIpc) is 2.34. The highest BCUT2D eigenvalue weighted by atomic mass is 19.2. The maximum Gasteiger partial charge on any atom is 0.217 e. The van der Waals surface area contributed by atoms with Crippen molar-refractivity contribution < 1.29 is 18.0 Å². The number of hydrogen-bond acceptors (Lipinski definition) is 2. The molecular weight excluding hydrogens is 245 g/mol. The van der Waals surface area contributed by atoms with Gasteiger partial charge in [0.2, 0.25) is 5.91 Å². The predicted molar refractivity (Wildman–Crippen MR) is 59.1 cm³/mol. The summed E-state index contributed by atoms with van der Waals surface area (Å²) in [5.41, 5.74) is 5.30. The summed E-state index contributed by atoms with van der Waals surface area (Å²) in [6, 6.07) is 2.12. The zero-order chi connectivity index (χ0) is 13.3. The van der Waals surface area contributed by atoms with Gasteiger partial charge in [-0.3, -0.25) is 9.78 Å². The quantitative estimate of drug-likeness (QED) is 0.852.